The highest BCUT2D eigenvalue weighted by molar-refractivity contribution is 9.09. The molecule has 3 nitrogen and oxygen atoms in total. The van der Waals surface area contributed by atoms with Crippen molar-refractivity contribution >= 4 is 15.9 Å². The summed E-state index contributed by atoms with van der Waals surface area (Å²) >= 11 is 3.35. The molecule has 0 aromatic carbocycles. The van der Waals surface area contributed by atoms with E-state index in [4.69, 9.17) is 0 Å². The van der Waals surface area contributed by atoms with Crippen LogP contribution in [0.5, 0.6) is 0 Å². The Bertz CT molecular complexity index is 322. The number of aryl methyl sites for hydroxylation is 2. The number of alkyl halides is 1. The highest BCUT2D eigenvalue weighted by atomic mass is 79.9. The Balaban J connectivity index is 2.93. The lowest BCUT2D eigenvalue weighted by Crippen LogP contribution is -2.48. The third-order valence-electron chi connectivity index (χ3n) is 2.67. The minimum atomic E-state index is -0.495. The predicted molar refractivity (Wildman–Crippen MR) is 66.5 cm³/mol. The smallest absolute Gasteiger partial charge is 0.171 e. The molecule has 4 heteroatoms. The molecule has 2 N–H and O–H groups in total. The minimum absolute atomic E-state index is 0.0330. The van der Waals surface area contributed by atoms with Crippen LogP contribution in [-0.2, 0) is 6.54 Å². The molecular formula is C12H19BrNO2+. The van der Waals surface area contributed by atoms with E-state index in [1.807, 2.05) is 30.8 Å². The fraction of sp³-hybridized carbons (Fsp3) is 0.583. The lowest BCUT2D eigenvalue weighted by atomic mass is 9.92. The Morgan fingerprint density at radius 2 is 1.69 bits per heavy atom. The molecule has 0 atom stereocenters. The second-order valence-electron chi connectivity index (χ2n) is 4.51. The third kappa shape index (κ3) is 3.27. The van der Waals surface area contributed by atoms with Crippen molar-refractivity contribution in [2.75, 3.05) is 18.5 Å². The van der Waals surface area contributed by atoms with Crippen molar-refractivity contribution in [3.05, 3.63) is 29.6 Å². The molecule has 0 unspecified atom stereocenters. The van der Waals surface area contributed by atoms with Crippen molar-refractivity contribution in [3.8, 4) is 0 Å². The Hall–Kier alpha value is -0.450. The highest BCUT2D eigenvalue weighted by Gasteiger charge is 2.32. The fourth-order valence-electron chi connectivity index (χ4n) is 1.75. The van der Waals surface area contributed by atoms with E-state index >= 15 is 0 Å². The largest absolute Gasteiger partial charge is 0.395 e. The van der Waals surface area contributed by atoms with E-state index in [-0.39, 0.29) is 13.2 Å². The normalized spacial score (nSPS) is 11.8. The Labute approximate surface area is 105 Å². The first-order chi connectivity index (χ1) is 7.55. The van der Waals surface area contributed by atoms with Gasteiger partial charge in [0.25, 0.3) is 0 Å². The average Bonchev–Trinajstić information content (AvgIpc) is 2.25. The summed E-state index contributed by atoms with van der Waals surface area (Å²) in [6.07, 6.45) is 4.05. The van der Waals surface area contributed by atoms with E-state index in [1.165, 1.54) is 11.1 Å². The van der Waals surface area contributed by atoms with E-state index < -0.39 is 5.41 Å². The first-order valence-electron chi connectivity index (χ1n) is 5.30. The summed E-state index contributed by atoms with van der Waals surface area (Å²) < 4.78 is 2.03. The molecule has 1 heterocycles. The molecule has 1 rings (SSSR count). The first-order valence-corrected chi connectivity index (χ1v) is 6.42. The highest BCUT2D eigenvalue weighted by Crippen LogP contribution is 2.19. The molecule has 0 aliphatic heterocycles. The zero-order valence-corrected chi connectivity index (χ0v) is 11.4. The van der Waals surface area contributed by atoms with Gasteiger partial charge in [-0.25, -0.2) is 4.57 Å². The maximum absolute atomic E-state index is 9.37. The van der Waals surface area contributed by atoms with Crippen LogP contribution >= 0.6 is 15.9 Å². The molecule has 0 saturated heterocycles. The van der Waals surface area contributed by atoms with Crippen LogP contribution in [0.15, 0.2) is 18.5 Å². The van der Waals surface area contributed by atoms with Gasteiger partial charge in [0.05, 0.1) is 18.6 Å². The van der Waals surface area contributed by atoms with Crippen LogP contribution in [-0.4, -0.2) is 28.8 Å². The van der Waals surface area contributed by atoms with Crippen molar-refractivity contribution in [1.29, 1.82) is 0 Å². The number of hydrogen-bond acceptors (Lipinski definition) is 2. The summed E-state index contributed by atoms with van der Waals surface area (Å²) in [5.41, 5.74) is 1.86. The predicted octanol–water partition coefficient (Wildman–Crippen LogP) is 0.957. The van der Waals surface area contributed by atoms with Gasteiger partial charge in [-0.3, -0.25) is 0 Å². The minimum Gasteiger partial charge on any atom is -0.395 e. The van der Waals surface area contributed by atoms with Gasteiger partial charge in [0.15, 0.2) is 18.9 Å². The average molecular weight is 289 g/mol. The zero-order chi connectivity index (χ0) is 12.2. The maximum Gasteiger partial charge on any atom is 0.171 e. The first kappa shape index (κ1) is 13.6. The van der Waals surface area contributed by atoms with E-state index in [0.717, 1.165) is 0 Å². The second kappa shape index (κ2) is 5.75. The molecule has 0 spiro atoms. The van der Waals surface area contributed by atoms with Crippen LogP contribution in [0.2, 0.25) is 0 Å². The van der Waals surface area contributed by atoms with Gasteiger partial charge < -0.3 is 10.2 Å². The van der Waals surface area contributed by atoms with Crippen LogP contribution < -0.4 is 4.57 Å². The van der Waals surface area contributed by atoms with E-state index in [0.29, 0.717) is 11.9 Å². The Morgan fingerprint density at radius 3 is 2.06 bits per heavy atom. The van der Waals surface area contributed by atoms with Gasteiger partial charge in [0, 0.05) is 16.5 Å². The van der Waals surface area contributed by atoms with Gasteiger partial charge in [0.2, 0.25) is 0 Å². The summed E-state index contributed by atoms with van der Waals surface area (Å²) in [6.45, 7) is 4.62. The van der Waals surface area contributed by atoms with Crippen LogP contribution in [0, 0.1) is 19.3 Å². The van der Waals surface area contributed by atoms with Gasteiger partial charge in [-0.2, -0.15) is 0 Å². The number of nitrogens with zero attached hydrogens (tertiary/aromatic N) is 1. The van der Waals surface area contributed by atoms with Gasteiger partial charge >= 0.3 is 0 Å². The molecule has 0 bridgehead atoms. The lowest BCUT2D eigenvalue weighted by Gasteiger charge is -2.23. The molecule has 1 aromatic rings. The van der Waals surface area contributed by atoms with Gasteiger partial charge in [-0.1, -0.05) is 15.9 Å². The molecule has 0 radical (unpaired) electrons. The molecule has 0 saturated carbocycles. The van der Waals surface area contributed by atoms with Crippen molar-refractivity contribution in [3.63, 3.8) is 0 Å². The summed E-state index contributed by atoms with van der Waals surface area (Å²) in [7, 11) is 0. The van der Waals surface area contributed by atoms with Crippen LogP contribution in [0.25, 0.3) is 0 Å². The molecule has 0 amide bonds. The summed E-state index contributed by atoms with van der Waals surface area (Å²) in [5.74, 6) is 0. The number of aromatic nitrogens is 1. The second-order valence-corrected chi connectivity index (χ2v) is 5.07. The standard InChI is InChI=1S/C12H19BrNO2/c1-10-3-11(2)5-14(4-10)7-12(6-13,8-15)9-16/h3-5,15-16H,6-9H2,1-2H3/q+1. The Morgan fingerprint density at radius 1 is 1.19 bits per heavy atom. The van der Waals surface area contributed by atoms with Crippen LogP contribution in [0.1, 0.15) is 11.1 Å². The molecule has 90 valence electrons. The van der Waals surface area contributed by atoms with Crippen LogP contribution in [0.4, 0.5) is 0 Å². The number of aliphatic hydroxyl groups excluding tert-OH is 2. The lowest BCUT2D eigenvalue weighted by molar-refractivity contribution is -0.710. The monoisotopic (exact) mass is 288 g/mol. The topological polar surface area (TPSA) is 44.3 Å². The Kier molecular flexibility index (Phi) is 4.89. The van der Waals surface area contributed by atoms with E-state index in [9.17, 15) is 10.2 Å². The molecule has 1 aromatic heterocycles. The fourth-order valence-corrected chi connectivity index (χ4v) is 2.28. The van der Waals surface area contributed by atoms with Crippen molar-refractivity contribution in [2.45, 2.75) is 20.4 Å². The number of rotatable bonds is 5. The van der Waals surface area contributed by atoms with Gasteiger partial charge in [-0.15, -0.1) is 0 Å². The maximum atomic E-state index is 9.37. The SMILES string of the molecule is Cc1cc(C)c[n+](CC(CO)(CO)CBr)c1. The summed E-state index contributed by atoms with van der Waals surface area (Å²) in [5, 5.41) is 19.3. The van der Waals surface area contributed by atoms with E-state index in [1.54, 1.807) is 0 Å². The number of pyridine rings is 1. The van der Waals surface area contributed by atoms with Gasteiger partial charge in [-0.05, 0) is 19.9 Å². The molecule has 0 aliphatic carbocycles. The molecular weight excluding hydrogens is 270 g/mol. The number of aliphatic hydroxyl groups is 2. The summed E-state index contributed by atoms with van der Waals surface area (Å²) in [6, 6.07) is 2.10. The summed E-state index contributed by atoms with van der Waals surface area (Å²) in [4.78, 5) is 0. The molecule has 0 fully saturated rings. The number of hydrogen-bond donors (Lipinski definition) is 2. The van der Waals surface area contributed by atoms with Gasteiger partial charge in [0.1, 0.15) is 0 Å². The van der Waals surface area contributed by atoms with Crippen molar-refractivity contribution in [1.82, 2.24) is 0 Å². The zero-order valence-electron chi connectivity index (χ0n) is 9.78. The van der Waals surface area contributed by atoms with E-state index in [2.05, 4.69) is 22.0 Å². The third-order valence-corrected chi connectivity index (χ3v) is 3.86. The van der Waals surface area contributed by atoms with Crippen LogP contribution in [0.3, 0.4) is 0 Å². The van der Waals surface area contributed by atoms with Crippen molar-refractivity contribution in [2.24, 2.45) is 5.41 Å². The quantitative estimate of drug-likeness (QED) is 0.626. The number of halogens is 1. The van der Waals surface area contributed by atoms with Crippen molar-refractivity contribution < 1.29 is 14.8 Å². The molecule has 16 heavy (non-hydrogen) atoms. The molecule has 0 aliphatic rings.